The van der Waals surface area contributed by atoms with Crippen LogP contribution < -0.4 is 0 Å². The number of hydrogen-bond acceptors (Lipinski definition) is 2. The standard InChI is InChI=1S/C14H12F4N2O/c1-20-8-9(7-19-20)2-5-13(21)11-6-10(15)3-4-12(11)14(16,17)18/h3-4,6-8H,2,5H2,1H3. The molecule has 0 N–H and O–H groups in total. The van der Waals surface area contributed by atoms with E-state index in [4.69, 9.17) is 0 Å². The van der Waals surface area contributed by atoms with Crippen LogP contribution in [0.15, 0.2) is 30.6 Å². The summed E-state index contributed by atoms with van der Waals surface area (Å²) in [7, 11) is 1.69. The van der Waals surface area contributed by atoms with Crippen molar-refractivity contribution in [3.8, 4) is 0 Å². The van der Waals surface area contributed by atoms with Crippen LogP contribution in [-0.2, 0) is 19.6 Å². The van der Waals surface area contributed by atoms with E-state index < -0.39 is 28.9 Å². The predicted molar refractivity (Wildman–Crippen MR) is 67.3 cm³/mol. The van der Waals surface area contributed by atoms with Gasteiger partial charge < -0.3 is 0 Å². The van der Waals surface area contributed by atoms with Gasteiger partial charge in [0.2, 0.25) is 0 Å². The van der Waals surface area contributed by atoms with Crippen LogP contribution in [0.1, 0.15) is 27.9 Å². The van der Waals surface area contributed by atoms with E-state index in [1.807, 2.05) is 0 Å². The molecular formula is C14H12F4N2O. The minimum Gasteiger partial charge on any atom is -0.294 e. The first-order valence-corrected chi connectivity index (χ1v) is 6.15. The molecule has 0 radical (unpaired) electrons. The van der Waals surface area contributed by atoms with E-state index in [1.54, 1.807) is 13.2 Å². The third-order valence-corrected chi connectivity index (χ3v) is 2.99. The third-order valence-electron chi connectivity index (χ3n) is 2.99. The smallest absolute Gasteiger partial charge is 0.294 e. The number of hydrogen-bond donors (Lipinski definition) is 0. The number of aryl methyl sites for hydroxylation is 2. The van der Waals surface area contributed by atoms with Crippen LogP contribution in [0.3, 0.4) is 0 Å². The number of carbonyl (C=O) groups excluding carboxylic acids is 1. The van der Waals surface area contributed by atoms with Crippen LogP contribution in [0.25, 0.3) is 0 Å². The Kier molecular flexibility index (Phi) is 4.11. The quantitative estimate of drug-likeness (QED) is 0.641. The molecule has 2 rings (SSSR count). The van der Waals surface area contributed by atoms with Gasteiger partial charge in [0.05, 0.1) is 11.8 Å². The van der Waals surface area contributed by atoms with Crippen molar-refractivity contribution in [3.63, 3.8) is 0 Å². The number of carbonyl (C=O) groups is 1. The average molecular weight is 300 g/mol. The summed E-state index contributed by atoms with van der Waals surface area (Å²) in [5.74, 6) is -1.61. The van der Waals surface area contributed by atoms with E-state index in [-0.39, 0.29) is 12.8 Å². The Balaban J connectivity index is 2.20. The number of Topliss-reactive ketones (excluding diaryl/α,β-unsaturated/α-hetero) is 1. The Labute approximate surface area is 118 Å². The fourth-order valence-corrected chi connectivity index (χ4v) is 1.99. The zero-order valence-corrected chi connectivity index (χ0v) is 11.1. The van der Waals surface area contributed by atoms with Crippen LogP contribution in [0.2, 0.25) is 0 Å². The second-order valence-electron chi connectivity index (χ2n) is 4.63. The van der Waals surface area contributed by atoms with Crippen LogP contribution in [0, 0.1) is 5.82 Å². The van der Waals surface area contributed by atoms with E-state index >= 15 is 0 Å². The van der Waals surface area contributed by atoms with E-state index in [0.717, 1.165) is 5.56 Å². The van der Waals surface area contributed by atoms with Gasteiger partial charge in [0.25, 0.3) is 0 Å². The van der Waals surface area contributed by atoms with Crippen LogP contribution in [0.5, 0.6) is 0 Å². The van der Waals surface area contributed by atoms with Crippen molar-refractivity contribution in [1.29, 1.82) is 0 Å². The first-order valence-electron chi connectivity index (χ1n) is 6.15. The first-order chi connectivity index (χ1) is 9.77. The SMILES string of the molecule is Cn1cc(CCC(=O)c2cc(F)ccc2C(F)(F)F)cn1. The number of halogens is 4. The van der Waals surface area contributed by atoms with Gasteiger partial charge in [-0.2, -0.15) is 18.3 Å². The van der Waals surface area contributed by atoms with Crippen molar-refractivity contribution in [2.75, 3.05) is 0 Å². The second kappa shape index (κ2) is 5.67. The summed E-state index contributed by atoms with van der Waals surface area (Å²) in [4.78, 5) is 12.0. The van der Waals surface area contributed by atoms with Crippen molar-refractivity contribution < 1.29 is 22.4 Å². The Morgan fingerprint density at radius 2 is 2.05 bits per heavy atom. The largest absolute Gasteiger partial charge is 0.417 e. The van der Waals surface area contributed by atoms with Crippen LogP contribution in [0.4, 0.5) is 17.6 Å². The number of rotatable bonds is 4. The van der Waals surface area contributed by atoms with Gasteiger partial charge in [0.1, 0.15) is 5.82 Å². The van der Waals surface area contributed by atoms with E-state index in [9.17, 15) is 22.4 Å². The van der Waals surface area contributed by atoms with Crippen LogP contribution >= 0.6 is 0 Å². The minimum absolute atomic E-state index is 0.141. The molecule has 0 aliphatic rings. The third kappa shape index (κ3) is 3.68. The van der Waals surface area contributed by atoms with Gasteiger partial charge in [-0.1, -0.05) is 0 Å². The van der Waals surface area contributed by atoms with Gasteiger partial charge in [0.15, 0.2) is 5.78 Å². The molecule has 1 heterocycles. The topological polar surface area (TPSA) is 34.9 Å². The lowest BCUT2D eigenvalue weighted by molar-refractivity contribution is -0.137. The second-order valence-corrected chi connectivity index (χ2v) is 4.63. The molecule has 0 spiro atoms. The number of benzene rings is 1. The predicted octanol–water partition coefficient (Wildman–Crippen LogP) is 3.39. The van der Waals surface area contributed by atoms with E-state index in [0.29, 0.717) is 18.2 Å². The molecule has 0 atom stereocenters. The Hall–Kier alpha value is -2.18. The number of ketones is 1. The summed E-state index contributed by atoms with van der Waals surface area (Å²) in [5, 5.41) is 3.90. The summed E-state index contributed by atoms with van der Waals surface area (Å²) >= 11 is 0. The molecular weight excluding hydrogens is 288 g/mol. The Bertz CT molecular complexity index is 661. The highest BCUT2D eigenvalue weighted by Gasteiger charge is 2.35. The first kappa shape index (κ1) is 15.2. The van der Waals surface area contributed by atoms with Crippen molar-refractivity contribution in [3.05, 3.63) is 53.1 Å². The molecule has 3 nitrogen and oxygen atoms in total. The van der Waals surface area contributed by atoms with Crippen LogP contribution in [-0.4, -0.2) is 15.6 Å². The van der Waals surface area contributed by atoms with Crippen molar-refractivity contribution in [2.24, 2.45) is 7.05 Å². The van der Waals surface area contributed by atoms with Gasteiger partial charge in [-0.25, -0.2) is 4.39 Å². The van der Waals surface area contributed by atoms with Crippen molar-refractivity contribution in [2.45, 2.75) is 19.0 Å². The lowest BCUT2D eigenvalue weighted by Gasteiger charge is -2.11. The lowest BCUT2D eigenvalue weighted by atomic mass is 9.99. The highest BCUT2D eigenvalue weighted by molar-refractivity contribution is 5.97. The van der Waals surface area contributed by atoms with Gasteiger partial charge in [-0.05, 0) is 30.2 Å². The summed E-state index contributed by atoms with van der Waals surface area (Å²) in [6, 6.07) is 1.92. The fourth-order valence-electron chi connectivity index (χ4n) is 1.99. The van der Waals surface area contributed by atoms with Crippen molar-refractivity contribution >= 4 is 5.78 Å². The van der Waals surface area contributed by atoms with Crippen molar-refractivity contribution in [1.82, 2.24) is 9.78 Å². The fraction of sp³-hybridized carbons (Fsp3) is 0.286. The molecule has 1 aromatic carbocycles. The maximum Gasteiger partial charge on any atom is 0.417 e. The number of aromatic nitrogens is 2. The molecule has 0 saturated carbocycles. The number of alkyl halides is 3. The maximum absolute atomic E-state index is 13.1. The van der Waals surface area contributed by atoms with Gasteiger partial charge in [-0.15, -0.1) is 0 Å². The minimum atomic E-state index is -4.69. The Morgan fingerprint density at radius 1 is 1.33 bits per heavy atom. The lowest BCUT2D eigenvalue weighted by Crippen LogP contribution is -2.14. The normalized spacial score (nSPS) is 11.7. The monoisotopic (exact) mass is 300 g/mol. The summed E-state index contributed by atoms with van der Waals surface area (Å²) in [5.41, 5.74) is -1.01. The average Bonchev–Trinajstić information content (AvgIpc) is 2.80. The maximum atomic E-state index is 13.1. The summed E-state index contributed by atoms with van der Waals surface area (Å²) < 4.78 is 53.1. The van der Waals surface area contributed by atoms with E-state index in [2.05, 4.69) is 5.10 Å². The molecule has 2 aromatic rings. The molecule has 0 aliphatic heterocycles. The molecule has 7 heteroatoms. The zero-order valence-electron chi connectivity index (χ0n) is 11.1. The molecule has 0 amide bonds. The van der Waals surface area contributed by atoms with Gasteiger partial charge in [0, 0.05) is 25.2 Å². The summed E-state index contributed by atoms with van der Waals surface area (Å²) in [6.07, 6.45) is -1.38. The molecule has 0 saturated heterocycles. The molecule has 0 bridgehead atoms. The summed E-state index contributed by atoms with van der Waals surface area (Å²) in [6.45, 7) is 0. The molecule has 112 valence electrons. The Morgan fingerprint density at radius 3 is 2.62 bits per heavy atom. The molecule has 21 heavy (non-hydrogen) atoms. The molecule has 0 unspecified atom stereocenters. The van der Waals surface area contributed by atoms with Gasteiger partial charge in [-0.3, -0.25) is 9.48 Å². The zero-order chi connectivity index (χ0) is 15.6. The van der Waals surface area contributed by atoms with E-state index in [1.165, 1.54) is 10.9 Å². The van der Waals surface area contributed by atoms with Gasteiger partial charge >= 0.3 is 6.18 Å². The number of nitrogens with zero attached hydrogens (tertiary/aromatic N) is 2. The highest BCUT2D eigenvalue weighted by Crippen LogP contribution is 2.33. The molecule has 0 fully saturated rings. The molecule has 0 aliphatic carbocycles. The highest BCUT2D eigenvalue weighted by atomic mass is 19.4. The molecule has 1 aromatic heterocycles.